The Bertz CT molecular complexity index is 1410. The fraction of sp³-hybridized carbons (Fsp3) is 0.212. The van der Waals surface area contributed by atoms with Crippen molar-refractivity contribution in [1.82, 2.24) is 9.80 Å². The normalized spacial score (nSPS) is 21.8. The lowest BCUT2D eigenvalue weighted by Gasteiger charge is -2.37. The number of carbonyl (C=O) groups excluding carboxylic acids is 2. The van der Waals surface area contributed by atoms with Gasteiger partial charge in [-0.15, -0.1) is 0 Å². The quantitative estimate of drug-likeness (QED) is 0.361. The average molecular weight is 519 g/mol. The molecule has 2 aliphatic rings. The first-order valence-corrected chi connectivity index (χ1v) is 13.3. The molecular formula is C33H30N2O4. The summed E-state index contributed by atoms with van der Waals surface area (Å²) in [6.07, 6.45) is 0.888. The molecule has 4 aromatic carbocycles. The molecule has 0 saturated carbocycles. The predicted molar refractivity (Wildman–Crippen MR) is 148 cm³/mol. The van der Waals surface area contributed by atoms with Crippen LogP contribution in [0.3, 0.4) is 0 Å². The molecule has 0 saturated heterocycles. The molecule has 0 radical (unpaired) electrons. The van der Waals surface area contributed by atoms with Crippen molar-refractivity contribution in [3.05, 3.63) is 143 Å². The standard InChI is InChI=1S/C33H30N2O4/c36-30-26-16-7-9-18-28(26)32(38,22-24-12-3-1-4-13-24)34(30)20-11-21-35-31(37)27-17-8-10-19-29(27)33(35,39)23-25-14-5-2-6-15-25/h1-10,12-19,38-39H,11,20-23H2/t32-,33-/m1/s1. The van der Waals surface area contributed by atoms with Crippen LogP contribution in [0, 0.1) is 0 Å². The van der Waals surface area contributed by atoms with Gasteiger partial charge < -0.3 is 20.0 Å². The van der Waals surface area contributed by atoms with Crippen LogP contribution in [0.15, 0.2) is 109 Å². The Kier molecular flexibility index (Phi) is 6.29. The van der Waals surface area contributed by atoms with E-state index in [0.29, 0.717) is 28.7 Å². The van der Waals surface area contributed by atoms with Crippen molar-refractivity contribution >= 4 is 11.8 Å². The molecule has 0 bridgehead atoms. The van der Waals surface area contributed by atoms with Crippen molar-refractivity contribution in [2.24, 2.45) is 0 Å². The first kappa shape index (κ1) is 25.0. The van der Waals surface area contributed by atoms with E-state index < -0.39 is 11.4 Å². The molecule has 6 nitrogen and oxygen atoms in total. The van der Waals surface area contributed by atoms with Crippen LogP contribution in [0.5, 0.6) is 0 Å². The van der Waals surface area contributed by atoms with Crippen LogP contribution in [0.1, 0.15) is 49.4 Å². The summed E-state index contributed by atoms with van der Waals surface area (Å²) in [5, 5.41) is 24.0. The van der Waals surface area contributed by atoms with E-state index in [1.54, 1.807) is 36.4 Å². The first-order valence-electron chi connectivity index (χ1n) is 13.3. The van der Waals surface area contributed by atoms with E-state index in [9.17, 15) is 19.8 Å². The van der Waals surface area contributed by atoms with E-state index in [1.807, 2.05) is 72.8 Å². The van der Waals surface area contributed by atoms with E-state index >= 15 is 0 Å². The topological polar surface area (TPSA) is 81.1 Å². The minimum atomic E-state index is -1.51. The van der Waals surface area contributed by atoms with Crippen LogP contribution in [-0.4, -0.2) is 44.9 Å². The zero-order valence-corrected chi connectivity index (χ0v) is 21.5. The Hall–Kier alpha value is -4.26. The van der Waals surface area contributed by atoms with Gasteiger partial charge in [-0.25, -0.2) is 0 Å². The largest absolute Gasteiger partial charge is 0.366 e. The van der Waals surface area contributed by atoms with Crippen LogP contribution in [0.4, 0.5) is 0 Å². The second-order valence-electron chi connectivity index (χ2n) is 10.3. The number of amides is 2. The molecule has 2 atom stereocenters. The molecule has 39 heavy (non-hydrogen) atoms. The van der Waals surface area contributed by atoms with Gasteiger partial charge in [0.15, 0.2) is 11.4 Å². The molecule has 196 valence electrons. The van der Waals surface area contributed by atoms with Gasteiger partial charge >= 0.3 is 0 Å². The third-order valence-corrected chi connectivity index (χ3v) is 7.91. The van der Waals surface area contributed by atoms with Crippen LogP contribution in [0.25, 0.3) is 0 Å². The number of benzene rings is 4. The lowest BCUT2D eigenvalue weighted by molar-refractivity contribution is -0.0949. The highest BCUT2D eigenvalue weighted by atomic mass is 16.3. The highest BCUT2D eigenvalue weighted by Crippen LogP contribution is 2.42. The molecule has 2 heterocycles. The van der Waals surface area contributed by atoms with Gasteiger partial charge in [-0.3, -0.25) is 9.59 Å². The third kappa shape index (κ3) is 4.22. The van der Waals surface area contributed by atoms with Gasteiger partial charge in [-0.2, -0.15) is 0 Å². The zero-order chi connectivity index (χ0) is 27.0. The molecule has 0 aliphatic carbocycles. The number of carbonyl (C=O) groups is 2. The number of rotatable bonds is 8. The van der Waals surface area contributed by atoms with Gasteiger partial charge in [0.1, 0.15) is 0 Å². The molecule has 0 aromatic heterocycles. The molecule has 0 spiro atoms. The van der Waals surface area contributed by atoms with E-state index in [2.05, 4.69) is 0 Å². The fourth-order valence-electron chi connectivity index (χ4n) is 6.06. The lowest BCUT2D eigenvalue weighted by Crippen LogP contribution is -2.49. The van der Waals surface area contributed by atoms with Gasteiger partial charge in [0.05, 0.1) is 0 Å². The summed E-state index contributed by atoms with van der Waals surface area (Å²) in [7, 11) is 0. The molecule has 2 N–H and O–H groups in total. The third-order valence-electron chi connectivity index (χ3n) is 7.91. The van der Waals surface area contributed by atoms with Crippen molar-refractivity contribution in [2.45, 2.75) is 30.7 Å². The number of hydrogen-bond acceptors (Lipinski definition) is 4. The monoisotopic (exact) mass is 518 g/mol. The summed E-state index contributed by atoms with van der Waals surface area (Å²) >= 11 is 0. The van der Waals surface area contributed by atoms with Gasteiger partial charge in [0.2, 0.25) is 0 Å². The fourth-order valence-corrected chi connectivity index (χ4v) is 6.06. The maximum Gasteiger partial charge on any atom is 0.256 e. The van der Waals surface area contributed by atoms with Gasteiger partial charge in [-0.05, 0) is 29.7 Å². The Morgan fingerprint density at radius 2 is 0.872 bits per heavy atom. The maximum atomic E-state index is 13.5. The van der Waals surface area contributed by atoms with Gasteiger partial charge in [0.25, 0.3) is 11.8 Å². The molecule has 0 fully saturated rings. The molecule has 0 unspecified atom stereocenters. The van der Waals surface area contributed by atoms with Gasteiger partial charge in [-0.1, -0.05) is 97.1 Å². The smallest absolute Gasteiger partial charge is 0.256 e. The maximum absolute atomic E-state index is 13.5. The minimum Gasteiger partial charge on any atom is -0.366 e. The number of nitrogens with zero attached hydrogens (tertiary/aromatic N) is 2. The summed E-state index contributed by atoms with van der Waals surface area (Å²) in [4.78, 5) is 30.0. The second-order valence-corrected chi connectivity index (χ2v) is 10.3. The molecule has 2 aliphatic heterocycles. The van der Waals surface area contributed by atoms with Gasteiger partial charge in [0, 0.05) is 48.2 Å². The molecule has 6 rings (SSSR count). The highest BCUT2D eigenvalue weighted by Gasteiger charge is 2.50. The molecule has 2 amide bonds. The second kappa shape index (κ2) is 9.80. The molecule has 6 heteroatoms. The van der Waals surface area contributed by atoms with Crippen LogP contribution < -0.4 is 0 Å². The van der Waals surface area contributed by atoms with Crippen molar-refractivity contribution in [1.29, 1.82) is 0 Å². The zero-order valence-electron chi connectivity index (χ0n) is 21.5. The van der Waals surface area contributed by atoms with Crippen molar-refractivity contribution < 1.29 is 19.8 Å². The van der Waals surface area contributed by atoms with Crippen molar-refractivity contribution in [3.63, 3.8) is 0 Å². The summed E-state index contributed by atoms with van der Waals surface area (Å²) < 4.78 is 0. The number of hydrogen-bond donors (Lipinski definition) is 2. The van der Waals surface area contributed by atoms with E-state index in [-0.39, 0.29) is 37.7 Å². The summed E-state index contributed by atoms with van der Waals surface area (Å²) in [5.41, 5.74) is 0.963. The van der Waals surface area contributed by atoms with E-state index in [0.717, 1.165) is 11.1 Å². The summed E-state index contributed by atoms with van der Waals surface area (Å²) in [5.74, 6) is -0.473. The first-order chi connectivity index (χ1) is 18.9. The minimum absolute atomic E-state index is 0.221. The SMILES string of the molecule is O=C1c2ccccc2[C@](O)(Cc2ccccc2)N1CCCN1C(=O)c2ccccc2[C@]1(O)Cc1ccccc1. The molecule has 4 aromatic rings. The van der Waals surface area contributed by atoms with Crippen molar-refractivity contribution in [3.8, 4) is 0 Å². The Balaban J connectivity index is 1.26. The van der Waals surface area contributed by atoms with Crippen LogP contribution in [0.2, 0.25) is 0 Å². The molecular weight excluding hydrogens is 488 g/mol. The summed E-state index contributed by atoms with van der Waals surface area (Å²) in [6, 6.07) is 33.6. The van der Waals surface area contributed by atoms with Crippen molar-refractivity contribution in [2.75, 3.05) is 13.1 Å². The highest BCUT2D eigenvalue weighted by molar-refractivity contribution is 6.00. The Morgan fingerprint density at radius 3 is 1.28 bits per heavy atom. The Morgan fingerprint density at radius 1 is 0.513 bits per heavy atom. The lowest BCUT2D eigenvalue weighted by atomic mass is 9.94. The predicted octanol–water partition coefficient (Wildman–Crippen LogP) is 4.46. The van der Waals surface area contributed by atoms with E-state index in [1.165, 1.54) is 9.80 Å². The van der Waals surface area contributed by atoms with Crippen LogP contribution >= 0.6 is 0 Å². The van der Waals surface area contributed by atoms with Crippen LogP contribution in [-0.2, 0) is 24.3 Å². The Labute approximate surface area is 227 Å². The average Bonchev–Trinajstić information content (AvgIpc) is 3.30. The summed E-state index contributed by atoms with van der Waals surface area (Å²) in [6.45, 7) is 0.441. The number of aliphatic hydroxyl groups is 2. The number of fused-ring (bicyclic) bond motifs is 2. The van der Waals surface area contributed by atoms with E-state index in [4.69, 9.17) is 0 Å².